The lowest BCUT2D eigenvalue weighted by atomic mass is 9.91. The summed E-state index contributed by atoms with van der Waals surface area (Å²) in [5, 5.41) is 29.0. The van der Waals surface area contributed by atoms with Crippen molar-refractivity contribution < 1.29 is 62.5 Å². The Bertz CT molecular complexity index is 3050. The van der Waals surface area contributed by atoms with Crippen molar-refractivity contribution in [1.82, 2.24) is 46.3 Å². The summed E-state index contributed by atoms with van der Waals surface area (Å²) >= 11 is 1.28. The number of anilines is 1. The Labute approximate surface area is 571 Å². The average Bonchev–Trinajstić information content (AvgIpc) is 1.76. The monoisotopic (exact) mass is 1350 g/mol. The first kappa shape index (κ1) is 80.2. The summed E-state index contributed by atoms with van der Waals surface area (Å²) in [6.07, 6.45) is 7.45. The number of allylic oxidation sites excluding steroid dienone is 1. The summed E-state index contributed by atoms with van der Waals surface area (Å²) in [5.41, 5.74) is 7.93. The van der Waals surface area contributed by atoms with Gasteiger partial charge in [-0.05, 0) is 104 Å². The summed E-state index contributed by atoms with van der Waals surface area (Å²) < 4.78 is 12.3. The third-order valence-corrected chi connectivity index (χ3v) is 18.3. The Morgan fingerprint density at radius 2 is 1.44 bits per heavy atom. The second-order valence-electron chi connectivity index (χ2n) is 25.8. The summed E-state index contributed by atoms with van der Waals surface area (Å²) in [5.74, 6) is -5.63. The van der Waals surface area contributed by atoms with Gasteiger partial charge in [0.25, 0.3) is 11.8 Å². The lowest BCUT2D eigenvalue weighted by Crippen LogP contribution is -2.59. The number of ether oxygens (including phenoxy) is 2. The number of carboxylic acids is 1. The van der Waals surface area contributed by atoms with Crippen molar-refractivity contribution in [2.45, 2.75) is 209 Å². The molecular weight excluding hydrogens is 1250 g/mol. The van der Waals surface area contributed by atoms with Crippen molar-refractivity contribution in [2.24, 2.45) is 35.3 Å². The van der Waals surface area contributed by atoms with E-state index < -0.39 is 90.0 Å². The van der Waals surface area contributed by atoms with Gasteiger partial charge in [0.05, 0.1) is 5.92 Å². The van der Waals surface area contributed by atoms with E-state index in [2.05, 4.69) is 38.5 Å². The first-order valence-corrected chi connectivity index (χ1v) is 34.9. The molecule has 3 aromatic rings. The molecule has 0 radical (unpaired) electrons. The minimum atomic E-state index is -1.09. The van der Waals surface area contributed by atoms with E-state index in [-0.39, 0.29) is 85.9 Å². The molecule has 0 saturated heterocycles. The third-order valence-electron chi connectivity index (χ3n) is 17.3. The number of aliphatic carboxylic acids is 1. The van der Waals surface area contributed by atoms with Gasteiger partial charge in [-0.2, -0.15) is 0 Å². The highest BCUT2D eigenvalue weighted by Crippen LogP contribution is 2.32. The minimum absolute atomic E-state index is 0.0934. The molecular formula is C71H107N11O13S. The first-order valence-electron chi connectivity index (χ1n) is 34.0. The van der Waals surface area contributed by atoms with Crippen LogP contribution in [-0.2, 0) is 56.1 Å². The van der Waals surface area contributed by atoms with E-state index >= 15 is 4.79 Å². The molecule has 25 heteroatoms. The highest BCUT2D eigenvalue weighted by atomic mass is 32.1. The number of nitrogens with two attached hydrogens (primary N) is 1. The fraction of sp³-hybridized carbons (Fsp3) is 0.592. The standard InChI is InChI=1S/C71H107N11O13S/c1-14-36-82(56(44(5)6)41-57(94-38-15-2)67-77-55(43-96-67)64(86)75-53(39-48(11)69(90)91)40-50-25-20-18-21-26-50)68(89)61(46(9)16-3)79-66(88)62(47(10)17-4)80(13)71(93)95-42-51-30-32-52(33-31-51)74-63(85)54(27-24-35-73-70(72)92)76-65(87)60(45(7)8)78-58(83)28-22-19-23-37-81-49(12)29-34-59(81)84/h18,20-21,25-26,29-34,43-48,53-54,56-57,60-62H,12,14-17,19,22-24,27-28,35-42H2,1-11,13H3,(H,74,85)(H,75,86)(H,76,87)(H,78,83)(H,79,88)(H,90,91)(H3,72,73,92)/t46-,47?,48-,53+,54-,56+,57+,60-,61-,62-/m0/s1. The smallest absolute Gasteiger partial charge is 0.410 e. The Kier molecular flexibility index (Phi) is 34.3. The minimum Gasteiger partial charge on any atom is -0.481 e. The van der Waals surface area contributed by atoms with Crippen molar-refractivity contribution in [3.8, 4) is 0 Å². The van der Waals surface area contributed by atoms with E-state index in [1.807, 2.05) is 90.6 Å². The van der Waals surface area contributed by atoms with Crippen LogP contribution in [0.15, 0.2) is 84.4 Å². The molecule has 1 aliphatic heterocycles. The van der Waals surface area contributed by atoms with Crippen LogP contribution in [0.2, 0.25) is 0 Å². The Morgan fingerprint density at radius 1 is 0.750 bits per heavy atom. The maximum absolute atomic E-state index is 15.3. The number of thiazole rings is 1. The van der Waals surface area contributed by atoms with E-state index in [1.165, 1.54) is 29.4 Å². The molecule has 0 aliphatic carbocycles. The van der Waals surface area contributed by atoms with Crippen LogP contribution in [0.1, 0.15) is 186 Å². The summed E-state index contributed by atoms with van der Waals surface area (Å²) in [6.45, 7) is 25.8. The van der Waals surface area contributed by atoms with Crippen molar-refractivity contribution in [1.29, 1.82) is 0 Å². The molecule has 2 aromatic carbocycles. The maximum Gasteiger partial charge on any atom is 0.410 e. The molecule has 24 nitrogen and oxygen atoms in total. The van der Waals surface area contributed by atoms with Crippen LogP contribution in [0, 0.1) is 29.6 Å². The van der Waals surface area contributed by atoms with Crippen molar-refractivity contribution in [3.63, 3.8) is 0 Å². The van der Waals surface area contributed by atoms with Gasteiger partial charge in [0.2, 0.25) is 29.5 Å². The zero-order valence-corrected chi connectivity index (χ0v) is 59.2. The van der Waals surface area contributed by atoms with Gasteiger partial charge in [0.1, 0.15) is 47.6 Å². The molecule has 10 amide bonds. The molecule has 96 heavy (non-hydrogen) atoms. The Hall–Kier alpha value is -8.19. The molecule has 0 fully saturated rings. The number of carboxylic acid groups (broad SMARTS) is 1. The van der Waals surface area contributed by atoms with Crippen LogP contribution >= 0.6 is 11.3 Å². The summed E-state index contributed by atoms with van der Waals surface area (Å²) in [4.78, 5) is 144. The Balaban J connectivity index is 1.45. The van der Waals surface area contributed by atoms with Gasteiger partial charge in [-0.15, -0.1) is 11.3 Å². The number of aromatic nitrogens is 1. The van der Waals surface area contributed by atoms with Crippen LogP contribution < -0.4 is 37.6 Å². The quantitative estimate of drug-likeness (QED) is 0.0245. The van der Waals surface area contributed by atoms with E-state index in [0.717, 1.165) is 5.56 Å². The van der Waals surface area contributed by atoms with E-state index in [4.69, 9.17) is 20.2 Å². The fourth-order valence-corrected chi connectivity index (χ4v) is 12.2. The van der Waals surface area contributed by atoms with E-state index in [0.29, 0.717) is 99.4 Å². The van der Waals surface area contributed by atoms with Gasteiger partial charge in [-0.25, -0.2) is 14.6 Å². The van der Waals surface area contributed by atoms with Crippen molar-refractivity contribution in [3.05, 3.63) is 106 Å². The molecule has 9 N–H and O–H groups in total. The molecule has 0 saturated carbocycles. The van der Waals surface area contributed by atoms with Crippen LogP contribution in [0.4, 0.5) is 15.3 Å². The van der Waals surface area contributed by atoms with Gasteiger partial charge >= 0.3 is 18.1 Å². The number of unbranched alkanes of at least 4 members (excludes halogenated alkanes) is 2. The molecule has 1 unspecified atom stereocenters. The van der Waals surface area contributed by atoms with E-state index in [9.17, 15) is 48.3 Å². The van der Waals surface area contributed by atoms with E-state index in [1.54, 1.807) is 61.4 Å². The molecule has 530 valence electrons. The van der Waals surface area contributed by atoms with Crippen LogP contribution in [0.5, 0.6) is 0 Å². The van der Waals surface area contributed by atoms with Gasteiger partial charge in [0, 0.05) is 81.1 Å². The predicted octanol–water partition coefficient (Wildman–Crippen LogP) is 9.42. The average molecular weight is 1350 g/mol. The predicted molar refractivity (Wildman–Crippen MR) is 371 cm³/mol. The number of hydrogen-bond donors (Lipinski definition) is 8. The molecule has 1 aliphatic rings. The number of primary amides is 1. The summed E-state index contributed by atoms with van der Waals surface area (Å²) in [7, 11) is 1.49. The number of hydrogen-bond acceptors (Lipinski definition) is 14. The third kappa shape index (κ3) is 25.8. The van der Waals surface area contributed by atoms with Crippen LogP contribution in [0.25, 0.3) is 0 Å². The molecule has 10 atom stereocenters. The highest BCUT2D eigenvalue weighted by Gasteiger charge is 2.40. The van der Waals surface area contributed by atoms with Gasteiger partial charge < -0.3 is 62.0 Å². The fourth-order valence-electron chi connectivity index (χ4n) is 11.3. The largest absolute Gasteiger partial charge is 0.481 e. The molecule has 1 aromatic heterocycles. The van der Waals surface area contributed by atoms with Crippen molar-refractivity contribution >= 4 is 76.5 Å². The van der Waals surface area contributed by atoms with Crippen LogP contribution in [-0.4, -0.2) is 154 Å². The zero-order valence-electron chi connectivity index (χ0n) is 58.4. The second kappa shape index (κ2) is 41.0. The zero-order chi connectivity index (χ0) is 71.2. The SMILES string of the molecule is C=C1C=CC(=O)N1CCCCCC(=O)N[C@H](C(=O)N[C@@H](CCCNC(N)=O)C(=O)Nc1ccc(COC(=O)N(C)[C@H](C(=O)N[C@H](C(=O)N(CCC)[C@H](C[C@@H](OCCC)c2nc(C(=O)N[C@@H](Cc3ccccc3)C[C@H](C)C(=O)O)cs2)C(C)C)[C@@H](C)CC)C(C)CC)cc1)C(C)C. The maximum atomic E-state index is 15.3. The molecule has 2 heterocycles. The molecule has 4 rings (SSSR count). The number of nitrogens with one attached hydrogen (secondary N) is 6. The number of carbonyl (C=O) groups excluding carboxylic acids is 9. The number of carbonyl (C=O) groups is 10. The molecule has 0 spiro atoms. The topological polar surface area (TPSA) is 330 Å². The highest BCUT2D eigenvalue weighted by molar-refractivity contribution is 7.09. The lowest BCUT2D eigenvalue weighted by Gasteiger charge is -2.40. The number of likely N-dealkylation sites (N-methyl/N-ethyl adjacent to an activating group) is 1. The lowest BCUT2D eigenvalue weighted by molar-refractivity contribution is -0.143. The van der Waals surface area contributed by atoms with Gasteiger partial charge in [0.15, 0.2) is 0 Å². The second-order valence-corrected chi connectivity index (χ2v) is 26.7. The number of rotatable bonds is 43. The normalized spacial score (nSPS) is 15.2. The van der Waals surface area contributed by atoms with Crippen LogP contribution in [0.3, 0.4) is 0 Å². The van der Waals surface area contributed by atoms with Gasteiger partial charge in [-0.1, -0.05) is 144 Å². The number of benzene rings is 2. The van der Waals surface area contributed by atoms with Gasteiger partial charge in [-0.3, -0.25) is 43.3 Å². The number of amides is 10. The summed E-state index contributed by atoms with van der Waals surface area (Å²) in [6, 6.07) is 10.3. The molecule has 0 bridgehead atoms. The number of nitrogens with zero attached hydrogens (tertiary/aromatic N) is 4. The number of urea groups is 1. The Morgan fingerprint density at radius 3 is 2.03 bits per heavy atom. The first-order chi connectivity index (χ1) is 45.6. The van der Waals surface area contributed by atoms with Crippen molar-refractivity contribution in [2.75, 3.05) is 38.6 Å².